The Morgan fingerprint density at radius 3 is 3.05 bits per heavy atom. The van der Waals surface area contributed by atoms with Crippen LogP contribution in [0.4, 0.5) is 4.79 Å². The van der Waals surface area contributed by atoms with Gasteiger partial charge in [-0.2, -0.15) is 5.10 Å². The minimum atomic E-state index is -0.285. The van der Waals surface area contributed by atoms with Gasteiger partial charge in [0.25, 0.3) is 0 Å². The van der Waals surface area contributed by atoms with Gasteiger partial charge in [-0.3, -0.25) is 4.79 Å². The molecule has 1 saturated heterocycles. The second-order valence-electron chi connectivity index (χ2n) is 4.80. The van der Waals surface area contributed by atoms with E-state index in [0.29, 0.717) is 26.2 Å². The van der Waals surface area contributed by atoms with Crippen LogP contribution in [-0.2, 0) is 4.74 Å². The summed E-state index contributed by atoms with van der Waals surface area (Å²) in [6, 6.07) is 0. The van der Waals surface area contributed by atoms with Crippen LogP contribution < -0.4 is 4.87 Å². The van der Waals surface area contributed by atoms with Crippen molar-refractivity contribution in [3.05, 3.63) is 14.7 Å². The lowest BCUT2D eigenvalue weighted by Crippen LogP contribution is -2.31. The number of aromatic nitrogens is 2. The lowest BCUT2D eigenvalue weighted by Gasteiger charge is -2.17. The highest BCUT2D eigenvalue weighted by molar-refractivity contribution is 7.08. The second kappa shape index (κ2) is 6.16. The molecule has 1 fully saturated rings. The Morgan fingerprint density at radius 1 is 1.63 bits per heavy atom. The van der Waals surface area contributed by atoms with Crippen LogP contribution in [0.2, 0.25) is 0 Å². The van der Waals surface area contributed by atoms with Gasteiger partial charge in [-0.25, -0.2) is 9.89 Å². The second-order valence-corrected chi connectivity index (χ2v) is 5.79. The fourth-order valence-corrected chi connectivity index (χ4v) is 2.68. The molecule has 1 aliphatic heterocycles. The number of likely N-dealkylation sites (tertiary alicyclic amines) is 1. The maximum absolute atomic E-state index is 11.8. The maximum atomic E-state index is 11.8. The third kappa shape index (κ3) is 3.77. The number of H-pyrrole nitrogens is 1. The van der Waals surface area contributed by atoms with E-state index in [1.165, 1.54) is 0 Å². The molecule has 1 amide bonds. The number of aromatic amines is 1. The number of amides is 1. The van der Waals surface area contributed by atoms with Gasteiger partial charge in [-0.1, -0.05) is 11.3 Å². The highest BCUT2D eigenvalue weighted by Crippen LogP contribution is 2.27. The Labute approximate surface area is 115 Å². The third-order valence-corrected chi connectivity index (χ3v) is 3.92. The average molecular weight is 286 g/mol. The molecule has 1 aromatic heterocycles. The van der Waals surface area contributed by atoms with Crippen LogP contribution in [0.3, 0.4) is 0 Å². The van der Waals surface area contributed by atoms with Crippen molar-refractivity contribution >= 4 is 17.4 Å². The van der Waals surface area contributed by atoms with E-state index in [2.05, 4.69) is 10.2 Å². The maximum Gasteiger partial charge on any atom is 0.409 e. The van der Waals surface area contributed by atoms with Crippen LogP contribution in [0.5, 0.6) is 0 Å². The van der Waals surface area contributed by atoms with Gasteiger partial charge in [-0.05, 0) is 20.5 Å². The van der Waals surface area contributed by atoms with E-state index in [-0.39, 0.29) is 16.9 Å². The summed E-state index contributed by atoms with van der Waals surface area (Å²) in [4.78, 5) is 26.3. The summed E-state index contributed by atoms with van der Waals surface area (Å²) in [6.45, 7) is 2.33. The van der Waals surface area contributed by atoms with Gasteiger partial charge in [0, 0.05) is 25.6 Å². The zero-order valence-corrected chi connectivity index (χ0v) is 11.9. The van der Waals surface area contributed by atoms with Crippen molar-refractivity contribution in [1.29, 1.82) is 0 Å². The van der Waals surface area contributed by atoms with E-state index in [9.17, 15) is 9.59 Å². The fourth-order valence-electron chi connectivity index (χ4n) is 1.95. The normalized spacial score (nSPS) is 19.1. The van der Waals surface area contributed by atoms with E-state index in [4.69, 9.17) is 4.74 Å². The number of hydrogen-bond donors (Lipinski definition) is 1. The Kier molecular flexibility index (Phi) is 4.54. The molecule has 0 aromatic carbocycles. The molecule has 1 aromatic rings. The molecule has 19 heavy (non-hydrogen) atoms. The topological polar surface area (TPSA) is 78.5 Å². The minimum absolute atomic E-state index is 0.144. The predicted molar refractivity (Wildman–Crippen MR) is 71.6 cm³/mol. The fraction of sp³-hybridized carbons (Fsp3) is 0.727. The molecular weight excluding hydrogens is 268 g/mol. The number of hydrogen-bond acceptors (Lipinski definition) is 6. The summed E-state index contributed by atoms with van der Waals surface area (Å²) in [6.07, 6.45) is 0.538. The van der Waals surface area contributed by atoms with Crippen LogP contribution in [-0.4, -0.2) is 66.4 Å². The van der Waals surface area contributed by atoms with Gasteiger partial charge in [0.05, 0.1) is 0 Å². The molecule has 0 spiro atoms. The quantitative estimate of drug-likeness (QED) is 0.862. The van der Waals surface area contributed by atoms with Crippen molar-refractivity contribution in [3.63, 3.8) is 0 Å². The van der Waals surface area contributed by atoms with Crippen molar-refractivity contribution in [2.75, 3.05) is 40.3 Å². The van der Waals surface area contributed by atoms with E-state index in [1.54, 1.807) is 4.90 Å². The highest BCUT2D eigenvalue weighted by atomic mass is 32.1. The molecule has 2 heterocycles. The van der Waals surface area contributed by atoms with Crippen LogP contribution >= 0.6 is 11.3 Å². The molecule has 0 bridgehead atoms. The Balaban J connectivity index is 1.81. The largest absolute Gasteiger partial charge is 0.448 e. The Hall–Kier alpha value is -1.41. The molecule has 0 radical (unpaired) electrons. The number of carbonyl (C=O) groups excluding carboxylic acids is 1. The first-order chi connectivity index (χ1) is 9.06. The highest BCUT2D eigenvalue weighted by Gasteiger charge is 2.30. The van der Waals surface area contributed by atoms with E-state index in [0.717, 1.165) is 22.8 Å². The standard InChI is InChI=1S/C11H18N4O3S/c1-14(2)5-6-18-11(17)15-4-3-8(7-15)9-12-13-10(16)19-9/h8H,3-7H2,1-2H3,(H,13,16)/t8-/m1/s1. The van der Waals surface area contributed by atoms with Crippen LogP contribution in [0.1, 0.15) is 17.3 Å². The van der Waals surface area contributed by atoms with E-state index < -0.39 is 0 Å². The van der Waals surface area contributed by atoms with Gasteiger partial charge < -0.3 is 14.5 Å². The molecule has 2 rings (SSSR count). The molecule has 1 aliphatic rings. The zero-order valence-electron chi connectivity index (χ0n) is 11.1. The van der Waals surface area contributed by atoms with E-state index >= 15 is 0 Å². The molecular formula is C11H18N4O3S. The smallest absolute Gasteiger partial charge is 0.409 e. The number of likely N-dealkylation sites (N-methyl/N-ethyl adjacent to an activating group) is 1. The van der Waals surface area contributed by atoms with Crippen molar-refractivity contribution in [2.24, 2.45) is 0 Å². The number of ether oxygens (including phenoxy) is 1. The summed E-state index contributed by atoms with van der Waals surface area (Å²) < 4.78 is 5.18. The van der Waals surface area contributed by atoms with Crippen LogP contribution in [0.15, 0.2) is 4.79 Å². The zero-order chi connectivity index (χ0) is 13.8. The molecule has 0 unspecified atom stereocenters. The lowest BCUT2D eigenvalue weighted by molar-refractivity contribution is 0.103. The van der Waals surface area contributed by atoms with Gasteiger partial charge in [0.2, 0.25) is 0 Å². The van der Waals surface area contributed by atoms with Crippen LogP contribution in [0.25, 0.3) is 0 Å². The summed E-state index contributed by atoms with van der Waals surface area (Å²) in [7, 11) is 3.86. The first-order valence-corrected chi connectivity index (χ1v) is 6.99. The summed E-state index contributed by atoms with van der Waals surface area (Å²) >= 11 is 1.11. The van der Waals surface area contributed by atoms with Crippen molar-refractivity contribution in [2.45, 2.75) is 12.3 Å². The molecule has 1 atom stereocenters. The SMILES string of the molecule is CN(C)CCOC(=O)N1CC[C@@H](c2n[nH]c(=O)s2)C1. The number of nitrogens with one attached hydrogen (secondary N) is 1. The number of nitrogens with zero attached hydrogens (tertiary/aromatic N) is 3. The van der Waals surface area contributed by atoms with Gasteiger partial charge in [0.15, 0.2) is 0 Å². The minimum Gasteiger partial charge on any atom is -0.448 e. The Bertz CT molecular complexity index is 484. The Morgan fingerprint density at radius 2 is 2.42 bits per heavy atom. The molecule has 1 N–H and O–H groups in total. The van der Waals surface area contributed by atoms with Crippen LogP contribution in [0, 0.1) is 0 Å². The first-order valence-electron chi connectivity index (χ1n) is 6.18. The van der Waals surface area contributed by atoms with Crippen molar-refractivity contribution in [3.8, 4) is 0 Å². The van der Waals surface area contributed by atoms with Crippen molar-refractivity contribution in [1.82, 2.24) is 20.0 Å². The number of rotatable bonds is 4. The first kappa shape index (κ1) is 14.0. The van der Waals surface area contributed by atoms with Gasteiger partial charge in [-0.15, -0.1) is 0 Å². The predicted octanol–water partition coefficient (Wildman–Crippen LogP) is 0.319. The summed E-state index contributed by atoms with van der Waals surface area (Å²) in [5.41, 5.74) is 0. The number of carbonyl (C=O) groups is 1. The van der Waals surface area contributed by atoms with Gasteiger partial charge >= 0.3 is 11.0 Å². The molecule has 7 nitrogen and oxygen atoms in total. The monoisotopic (exact) mass is 286 g/mol. The lowest BCUT2D eigenvalue weighted by atomic mass is 10.1. The average Bonchev–Trinajstić information content (AvgIpc) is 2.96. The van der Waals surface area contributed by atoms with Gasteiger partial charge in [0.1, 0.15) is 11.6 Å². The molecule has 0 aliphatic carbocycles. The molecule has 106 valence electrons. The summed E-state index contributed by atoms with van der Waals surface area (Å²) in [5, 5.41) is 7.15. The molecule has 0 saturated carbocycles. The molecule has 8 heteroatoms. The summed E-state index contributed by atoms with van der Waals surface area (Å²) in [5.74, 6) is 0.144. The van der Waals surface area contributed by atoms with Crippen molar-refractivity contribution < 1.29 is 9.53 Å². The van der Waals surface area contributed by atoms with E-state index in [1.807, 2.05) is 19.0 Å². The third-order valence-electron chi connectivity index (χ3n) is 3.01.